The molecular weight excluding hydrogens is 303 g/mol. The smallest absolute Gasteiger partial charge is 0.222 e. The molecule has 0 radical (unpaired) electrons. The highest BCUT2D eigenvalue weighted by Gasteiger charge is 2.40. The maximum absolute atomic E-state index is 13.3. The van der Waals surface area contributed by atoms with Crippen LogP contribution in [0.15, 0.2) is 24.3 Å². The number of hydrogen-bond acceptors (Lipinski definition) is 2. The fraction of sp³-hybridized carbons (Fsp3) is 0.650. The normalized spacial score (nSPS) is 30.0. The molecule has 1 aromatic rings. The van der Waals surface area contributed by atoms with Gasteiger partial charge >= 0.3 is 0 Å². The number of carbonyl (C=O) groups is 1. The van der Waals surface area contributed by atoms with Gasteiger partial charge < -0.3 is 4.90 Å². The van der Waals surface area contributed by atoms with Gasteiger partial charge in [-0.3, -0.25) is 9.69 Å². The van der Waals surface area contributed by atoms with Gasteiger partial charge in [0.05, 0.1) is 0 Å². The Kier molecular flexibility index (Phi) is 4.57. The van der Waals surface area contributed by atoms with Crippen LogP contribution in [0.4, 0.5) is 4.39 Å². The molecule has 0 spiro atoms. The summed E-state index contributed by atoms with van der Waals surface area (Å²) in [7, 11) is 0. The van der Waals surface area contributed by atoms with Crippen LogP contribution in [-0.4, -0.2) is 41.9 Å². The van der Waals surface area contributed by atoms with Gasteiger partial charge in [-0.2, -0.15) is 0 Å². The number of hydrogen-bond donors (Lipinski definition) is 0. The van der Waals surface area contributed by atoms with Crippen molar-refractivity contribution >= 4 is 5.91 Å². The summed E-state index contributed by atoms with van der Waals surface area (Å²) in [6, 6.07) is 6.82. The molecule has 1 aromatic carbocycles. The van der Waals surface area contributed by atoms with E-state index in [9.17, 15) is 9.18 Å². The lowest BCUT2D eigenvalue weighted by atomic mass is 9.86. The highest BCUT2D eigenvalue weighted by atomic mass is 19.1. The second-order valence-electron chi connectivity index (χ2n) is 7.93. The molecule has 3 fully saturated rings. The molecule has 1 saturated heterocycles. The minimum absolute atomic E-state index is 0.174. The van der Waals surface area contributed by atoms with E-state index in [1.165, 1.54) is 31.7 Å². The van der Waals surface area contributed by atoms with Gasteiger partial charge in [0.2, 0.25) is 5.91 Å². The third-order valence-electron chi connectivity index (χ3n) is 6.34. The highest BCUT2D eigenvalue weighted by Crippen LogP contribution is 2.49. The summed E-state index contributed by atoms with van der Waals surface area (Å²) in [5, 5.41) is 0. The van der Waals surface area contributed by atoms with Crippen molar-refractivity contribution in [3.8, 4) is 0 Å². The summed E-state index contributed by atoms with van der Waals surface area (Å²) in [4.78, 5) is 17.0. The molecule has 3 aliphatic rings. The topological polar surface area (TPSA) is 23.6 Å². The van der Waals surface area contributed by atoms with Crippen LogP contribution < -0.4 is 0 Å². The van der Waals surface area contributed by atoms with Crippen molar-refractivity contribution < 1.29 is 9.18 Å². The van der Waals surface area contributed by atoms with Crippen LogP contribution in [0.25, 0.3) is 0 Å². The van der Waals surface area contributed by atoms with E-state index in [1.54, 1.807) is 12.1 Å². The predicted octanol–water partition coefficient (Wildman–Crippen LogP) is 3.30. The average Bonchev–Trinajstić information content (AvgIpc) is 3.18. The van der Waals surface area contributed by atoms with Crippen molar-refractivity contribution in [3.63, 3.8) is 0 Å². The number of fused-ring (bicyclic) bond motifs is 2. The van der Waals surface area contributed by atoms with Gasteiger partial charge in [0.25, 0.3) is 0 Å². The second-order valence-corrected chi connectivity index (χ2v) is 7.93. The van der Waals surface area contributed by atoms with Crippen LogP contribution in [0.3, 0.4) is 0 Å². The molecule has 0 aromatic heterocycles. The zero-order chi connectivity index (χ0) is 16.5. The van der Waals surface area contributed by atoms with E-state index in [-0.39, 0.29) is 5.82 Å². The largest absolute Gasteiger partial charge is 0.340 e. The number of piperazine rings is 1. The first-order chi connectivity index (χ1) is 11.7. The summed E-state index contributed by atoms with van der Waals surface area (Å²) < 4.78 is 13.3. The summed E-state index contributed by atoms with van der Waals surface area (Å²) in [6.45, 7) is 4.17. The van der Waals surface area contributed by atoms with Crippen LogP contribution in [-0.2, 0) is 11.3 Å². The van der Waals surface area contributed by atoms with Crippen LogP contribution in [0.1, 0.15) is 37.7 Å². The second kappa shape index (κ2) is 6.83. The van der Waals surface area contributed by atoms with Crippen LogP contribution >= 0.6 is 0 Å². The minimum Gasteiger partial charge on any atom is -0.340 e. The SMILES string of the molecule is O=C(CC1CC2CCC1C2)N1CCN(Cc2cccc(F)c2)CC1. The van der Waals surface area contributed by atoms with Crippen molar-refractivity contribution in [3.05, 3.63) is 35.6 Å². The van der Waals surface area contributed by atoms with Crippen molar-refractivity contribution in [1.82, 2.24) is 9.80 Å². The third-order valence-corrected chi connectivity index (χ3v) is 6.34. The Morgan fingerprint density at radius 3 is 2.62 bits per heavy atom. The zero-order valence-corrected chi connectivity index (χ0v) is 14.3. The lowest BCUT2D eigenvalue weighted by Gasteiger charge is -2.35. The van der Waals surface area contributed by atoms with Crippen molar-refractivity contribution in [2.24, 2.45) is 17.8 Å². The molecule has 3 nitrogen and oxygen atoms in total. The summed E-state index contributed by atoms with van der Waals surface area (Å²) in [5.74, 6) is 2.58. The molecule has 130 valence electrons. The molecule has 2 aliphatic carbocycles. The molecule has 1 amide bonds. The van der Waals surface area contributed by atoms with Crippen molar-refractivity contribution in [2.75, 3.05) is 26.2 Å². The van der Waals surface area contributed by atoms with Crippen LogP contribution in [0, 0.1) is 23.6 Å². The van der Waals surface area contributed by atoms with E-state index in [0.29, 0.717) is 11.8 Å². The van der Waals surface area contributed by atoms with Gasteiger partial charge in [0, 0.05) is 39.1 Å². The van der Waals surface area contributed by atoms with E-state index >= 15 is 0 Å². The predicted molar refractivity (Wildman–Crippen MR) is 91.8 cm³/mol. The van der Waals surface area contributed by atoms with Crippen LogP contribution in [0.2, 0.25) is 0 Å². The lowest BCUT2D eigenvalue weighted by molar-refractivity contribution is -0.134. The molecule has 2 saturated carbocycles. The fourth-order valence-corrected chi connectivity index (χ4v) is 5.03. The number of amides is 1. The van der Waals surface area contributed by atoms with Gasteiger partial charge in [0.1, 0.15) is 5.82 Å². The highest BCUT2D eigenvalue weighted by molar-refractivity contribution is 5.76. The molecule has 24 heavy (non-hydrogen) atoms. The van der Waals surface area contributed by atoms with Crippen molar-refractivity contribution in [2.45, 2.75) is 38.6 Å². The van der Waals surface area contributed by atoms with E-state index in [1.807, 2.05) is 11.0 Å². The molecule has 3 atom stereocenters. The number of nitrogens with zero attached hydrogens (tertiary/aromatic N) is 2. The number of rotatable bonds is 4. The average molecular weight is 330 g/mol. The Labute approximate surface area is 143 Å². The quantitative estimate of drug-likeness (QED) is 0.846. The number of benzene rings is 1. The molecule has 4 rings (SSSR count). The maximum Gasteiger partial charge on any atom is 0.222 e. The first kappa shape index (κ1) is 16.1. The lowest BCUT2D eigenvalue weighted by Crippen LogP contribution is -2.48. The standard InChI is InChI=1S/C20H27FN2O/c21-19-3-1-2-16(12-19)14-22-6-8-23(9-7-22)20(24)13-18-11-15-4-5-17(18)10-15/h1-3,12,15,17-18H,4-11,13-14H2. The Bertz CT molecular complexity index is 597. The summed E-state index contributed by atoms with van der Waals surface area (Å²) in [6.07, 6.45) is 6.18. The Morgan fingerprint density at radius 2 is 1.96 bits per heavy atom. The van der Waals surface area contributed by atoms with E-state index < -0.39 is 0 Å². The molecule has 3 unspecified atom stereocenters. The molecular formula is C20H27FN2O. The first-order valence-corrected chi connectivity index (χ1v) is 9.42. The van der Waals surface area contributed by atoms with E-state index in [0.717, 1.165) is 56.5 Å². The summed E-state index contributed by atoms with van der Waals surface area (Å²) >= 11 is 0. The van der Waals surface area contributed by atoms with Gasteiger partial charge in [-0.05, 0) is 54.7 Å². The van der Waals surface area contributed by atoms with E-state index in [4.69, 9.17) is 0 Å². The third kappa shape index (κ3) is 3.49. The molecule has 2 bridgehead atoms. The number of halogens is 1. The minimum atomic E-state index is -0.174. The van der Waals surface area contributed by atoms with Crippen molar-refractivity contribution in [1.29, 1.82) is 0 Å². The zero-order valence-electron chi connectivity index (χ0n) is 14.3. The van der Waals surface area contributed by atoms with Gasteiger partial charge in [0.15, 0.2) is 0 Å². The Morgan fingerprint density at radius 1 is 1.12 bits per heavy atom. The summed E-state index contributed by atoms with van der Waals surface area (Å²) in [5.41, 5.74) is 1.01. The molecule has 4 heteroatoms. The van der Waals surface area contributed by atoms with Gasteiger partial charge in [-0.15, -0.1) is 0 Å². The van der Waals surface area contributed by atoms with Crippen LogP contribution in [0.5, 0.6) is 0 Å². The fourth-order valence-electron chi connectivity index (χ4n) is 5.03. The Balaban J connectivity index is 1.24. The van der Waals surface area contributed by atoms with E-state index in [2.05, 4.69) is 4.90 Å². The monoisotopic (exact) mass is 330 g/mol. The number of carbonyl (C=O) groups excluding carboxylic acids is 1. The first-order valence-electron chi connectivity index (χ1n) is 9.42. The maximum atomic E-state index is 13.3. The van der Waals surface area contributed by atoms with Gasteiger partial charge in [-0.25, -0.2) is 4.39 Å². The Hall–Kier alpha value is -1.42. The molecule has 1 heterocycles. The molecule has 1 aliphatic heterocycles. The van der Waals surface area contributed by atoms with Gasteiger partial charge in [-0.1, -0.05) is 18.6 Å². The molecule has 0 N–H and O–H groups in total.